The van der Waals surface area contributed by atoms with E-state index in [1.165, 1.54) is 55.6 Å². The Hall–Kier alpha value is -4.56. The van der Waals surface area contributed by atoms with Crippen LogP contribution in [0.4, 0.5) is 11.4 Å². The molecule has 1 unspecified atom stereocenters. The smallest absolute Gasteiger partial charge is 0.0418 e. The molecule has 0 heterocycles. The summed E-state index contributed by atoms with van der Waals surface area (Å²) in [6.45, 7) is 4.63. The molecule has 2 aliphatic rings. The average Bonchev–Trinajstić information content (AvgIpc) is 3.53. The van der Waals surface area contributed by atoms with Crippen LogP contribution in [-0.4, -0.2) is 14.1 Å². The SMILES string of the molecule is CNc1ccc2c(c1)C(C(c1ccccc1)(c1ccccc1)C1C(C)=Cc3cccc(C)c31)c1cc(NC)ccc1-2. The van der Waals surface area contributed by atoms with E-state index in [9.17, 15) is 0 Å². The second-order valence-electron chi connectivity index (χ2n) is 11.5. The quantitative estimate of drug-likeness (QED) is 0.228. The van der Waals surface area contributed by atoms with Crippen molar-refractivity contribution in [1.29, 1.82) is 0 Å². The Bertz CT molecular complexity index is 1690. The highest BCUT2D eigenvalue weighted by Crippen LogP contribution is 2.65. The van der Waals surface area contributed by atoms with Crippen LogP contribution in [0.5, 0.6) is 0 Å². The molecule has 0 aromatic heterocycles. The van der Waals surface area contributed by atoms with Crippen molar-refractivity contribution in [3.05, 3.63) is 160 Å². The molecule has 0 fully saturated rings. The monoisotopic (exact) mass is 532 g/mol. The molecule has 0 saturated heterocycles. The van der Waals surface area contributed by atoms with Gasteiger partial charge in [0.1, 0.15) is 0 Å². The van der Waals surface area contributed by atoms with E-state index in [1.807, 2.05) is 14.1 Å². The van der Waals surface area contributed by atoms with Gasteiger partial charge in [0.05, 0.1) is 0 Å². The highest BCUT2D eigenvalue weighted by atomic mass is 14.8. The topological polar surface area (TPSA) is 24.1 Å². The van der Waals surface area contributed by atoms with Gasteiger partial charge in [-0.3, -0.25) is 0 Å². The zero-order valence-corrected chi connectivity index (χ0v) is 24.2. The van der Waals surface area contributed by atoms with Gasteiger partial charge < -0.3 is 10.6 Å². The molecule has 41 heavy (non-hydrogen) atoms. The normalized spacial score (nSPS) is 15.6. The number of hydrogen-bond donors (Lipinski definition) is 2. The number of anilines is 2. The van der Waals surface area contributed by atoms with Gasteiger partial charge in [0, 0.05) is 42.7 Å². The van der Waals surface area contributed by atoms with Crippen LogP contribution in [0.2, 0.25) is 0 Å². The predicted molar refractivity (Wildman–Crippen MR) is 174 cm³/mol. The molecule has 2 nitrogen and oxygen atoms in total. The fourth-order valence-corrected chi connectivity index (χ4v) is 7.86. The average molecular weight is 533 g/mol. The summed E-state index contributed by atoms with van der Waals surface area (Å²) in [5, 5.41) is 6.87. The Morgan fingerprint density at radius 2 is 1.10 bits per heavy atom. The molecule has 1 atom stereocenters. The molecule has 0 radical (unpaired) electrons. The Morgan fingerprint density at radius 3 is 1.61 bits per heavy atom. The van der Waals surface area contributed by atoms with Crippen LogP contribution in [0.25, 0.3) is 17.2 Å². The summed E-state index contributed by atoms with van der Waals surface area (Å²) < 4.78 is 0. The molecule has 2 N–H and O–H groups in total. The molecule has 0 spiro atoms. The van der Waals surface area contributed by atoms with Crippen LogP contribution < -0.4 is 10.6 Å². The fraction of sp³-hybridized carbons (Fsp3) is 0.179. The Kier molecular flexibility index (Phi) is 6.08. The van der Waals surface area contributed by atoms with E-state index >= 15 is 0 Å². The molecule has 5 aromatic rings. The summed E-state index contributed by atoms with van der Waals surface area (Å²) in [6, 6.07) is 43.2. The maximum atomic E-state index is 3.44. The molecule has 7 rings (SSSR count). The minimum atomic E-state index is -0.404. The number of benzene rings is 5. The summed E-state index contributed by atoms with van der Waals surface area (Å²) in [4.78, 5) is 0. The van der Waals surface area contributed by atoms with E-state index in [0.717, 1.165) is 11.4 Å². The lowest BCUT2D eigenvalue weighted by molar-refractivity contribution is 0.404. The Labute approximate surface area is 243 Å². The fourth-order valence-electron chi connectivity index (χ4n) is 7.86. The zero-order valence-electron chi connectivity index (χ0n) is 24.2. The molecule has 0 aliphatic heterocycles. The van der Waals surface area contributed by atoms with E-state index in [0.29, 0.717) is 0 Å². The molecular weight excluding hydrogens is 496 g/mol. The third kappa shape index (κ3) is 3.70. The van der Waals surface area contributed by atoms with E-state index in [2.05, 4.69) is 146 Å². The number of allylic oxidation sites excluding steroid dienone is 1. The van der Waals surface area contributed by atoms with Gasteiger partial charge in [0.2, 0.25) is 0 Å². The first-order chi connectivity index (χ1) is 20.1. The van der Waals surface area contributed by atoms with Crippen molar-refractivity contribution in [2.75, 3.05) is 24.7 Å². The first kappa shape index (κ1) is 25.4. The van der Waals surface area contributed by atoms with Crippen LogP contribution in [0.1, 0.15) is 57.7 Å². The molecule has 2 heteroatoms. The summed E-state index contributed by atoms with van der Waals surface area (Å²) in [6.07, 6.45) is 2.43. The molecule has 5 aromatic carbocycles. The van der Waals surface area contributed by atoms with Crippen LogP contribution in [0.3, 0.4) is 0 Å². The first-order valence-electron chi connectivity index (χ1n) is 14.6. The molecule has 0 amide bonds. The Balaban J connectivity index is 1.67. The molecule has 0 saturated carbocycles. The van der Waals surface area contributed by atoms with Gasteiger partial charge in [-0.1, -0.05) is 103 Å². The number of nitrogens with one attached hydrogen (secondary N) is 2. The lowest BCUT2D eigenvalue weighted by atomic mass is 9.54. The highest BCUT2D eigenvalue weighted by molar-refractivity contribution is 5.85. The van der Waals surface area contributed by atoms with Crippen molar-refractivity contribution in [2.24, 2.45) is 0 Å². The highest BCUT2D eigenvalue weighted by Gasteiger charge is 2.55. The maximum Gasteiger partial charge on any atom is 0.0418 e. The van der Waals surface area contributed by atoms with Gasteiger partial charge in [0.25, 0.3) is 0 Å². The van der Waals surface area contributed by atoms with Crippen molar-refractivity contribution in [3.63, 3.8) is 0 Å². The predicted octanol–water partition coefficient (Wildman–Crippen LogP) is 9.38. The minimum absolute atomic E-state index is 0.0813. The van der Waals surface area contributed by atoms with Crippen molar-refractivity contribution < 1.29 is 0 Å². The van der Waals surface area contributed by atoms with Gasteiger partial charge in [-0.25, -0.2) is 0 Å². The van der Waals surface area contributed by atoms with E-state index < -0.39 is 5.41 Å². The third-order valence-corrected chi connectivity index (χ3v) is 9.49. The second-order valence-corrected chi connectivity index (χ2v) is 11.5. The van der Waals surface area contributed by atoms with E-state index in [-0.39, 0.29) is 11.8 Å². The summed E-state index contributed by atoms with van der Waals surface area (Å²) in [5.41, 5.74) is 15.5. The van der Waals surface area contributed by atoms with Crippen molar-refractivity contribution in [3.8, 4) is 11.1 Å². The molecule has 2 aliphatic carbocycles. The molecule has 202 valence electrons. The van der Waals surface area contributed by atoms with Gasteiger partial charge in [-0.2, -0.15) is 0 Å². The standard InChI is InChI=1S/C39H36N2/c1-25-12-11-13-27-22-26(2)37(36(25)27)39(28-14-7-5-8-15-28,29-16-9-6-10-17-29)38-34-23-30(40-3)18-20-32(34)33-21-19-31(41-4)24-35(33)38/h5-24,37-38,40-41H,1-4H3. The zero-order chi connectivity index (χ0) is 28.1. The van der Waals surface area contributed by atoms with Gasteiger partial charge >= 0.3 is 0 Å². The molecular formula is C39H36N2. The van der Waals surface area contributed by atoms with Crippen LogP contribution in [0, 0.1) is 6.92 Å². The summed E-state index contributed by atoms with van der Waals surface area (Å²) >= 11 is 0. The number of rotatable bonds is 6. The van der Waals surface area contributed by atoms with Crippen molar-refractivity contribution >= 4 is 17.5 Å². The van der Waals surface area contributed by atoms with E-state index in [1.54, 1.807) is 0 Å². The van der Waals surface area contributed by atoms with Gasteiger partial charge in [-0.05, 0) is 88.2 Å². The lowest BCUT2D eigenvalue weighted by Crippen LogP contribution is -2.41. The second kappa shape index (κ2) is 9.82. The maximum absolute atomic E-state index is 3.44. The van der Waals surface area contributed by atoms with Crippen LogP contribution in [-0.2, 0) is 5.41 Å². The Morgan fingerprint density at radius 1 is 0.561 bits per heavy atom. The number of fused-ring (bicyclic) bond motifs is 4. The van der Waals surface area contributed by atoms with Crippen LogP contribution in [0.15, 0.2) is 121 Å². The minimum Gasteiger partial charge on any atom is -0.388 e. The van der Waals surface area contributed by atoms with Crippen molar-refractivity contribution in [1.82, 2.24) is 0 Å². The lowest BCUT2D eigenvalue weighted by Gasteiger charge is -2.47. The summed E-state index contributed by atoms with van der Waals surface area (Å²) in [7, 11) is 4.03. The molecule has 0 bridgehead atoms. The largest absolute Gasteiger partial charge is 0.388 e. The van der Waals surface area contributed by atoms with Gasteiger partial charge in [0.15, 0.2) is 0 Å². The first-order valence-corrected chi connectivity index (χ1v) is 14.6. The number of hydrogen-bond acceptors (Lipinski definition) is 2. The summed E-state index contributed by atoms with van der Waals surface area (Å²) in [5.74, 6) is 0.238. The van der Waals surface area contributed by atoms with Crippen LogP contribution >= 0.6 is 0 Å². The van der Waals surface area contributed by atoms with Gasteiger partial charge in [-0.15, -0.1) is 0 Å². The van der Waals surface area contributed by atoms with E-state index in [4.69, 9.17) is 0 Å². The van der Waals surface area contributed by atoms with Crippen molar-refractivity contribution in [2.45, 2.75) is 31.1 Å². The number of aryl methyl sites for hydroxylation is 1. The third-order valence-electron chi connectivity index (χ3n) is 9.49.